The first-order valence-electron chi connectivity index (χ1n) is 4.37. The molecule has 0 saturated carbocycles. The van der Waals surface area contributed by atoms with Gasteiger partial charge in [0.15, 0.2) is 5.13 Å². The van der Waals surface area contributed by atoms with Crippen LogP contribution in [0.1, 0.15) is 11.4 Å². The van der Waals surface area contributed by atoms with Gasteiger partial charge in [-0.25, -0.2) is 9.97 Å². The van der Waals surface area contributed by atoms with Gasteiger partial charge in [0.05, 0.1) is 5.69 Å². The van der Waals surface area contributed by atoms with Gasteiger partial charge in [0.2, 0.25) is 0 Å². The van der Waals surface area contributed by atoms with Crippen molar-refractivity contribution in [3.8, 4) is 0 Å². The van der Waals surface area contributed by atoms with Crippen molar-refractivity contribution < 1.29 is 0 Å². The molecule has 72 valence electrons. The molecule has 14 heavy (non-hydrogen) atoms. The molecule has 0 aromatic carbocycles. The minimum Gasteiger partial charge on any atom is -0.316 e. The Morgan fingerprint density at radius 3 is 2.64 bits per heavy atom. The number of nitrogens with zero attached hydrogens (tertiary/aromatic N) is 2. The maximum absolute atomic E-state index is 4.33. The number of nitrogens with one attached hydrogen (secondary N) is 1. The van der Waals surface area contributed by atoms with Crippen LogP contribution in [0.3, 0.4) is 0 Å². The number of anilines is 2. The van der Waals surface area contributed by atoms with Gasteiger partial charge in [-0.2, -0.15) is 0 Å². The maximum Gasteiger partial charge on any atom is 0.188 e. The van der Waals surface area contributed by atoms with E-state index in [9.17, 15) is 0 Å². The van der Waals surface area contributed by atoms with E-state index in [1.807, 2.05) is 37.4 Å². The third-order valence-corrected chi connectivity index (χ3v) is 2.62. The summed E-state index contributed by atoms with van der Waals surface area (Å²) in [6.45, 7) is 3.95. The fourth-order valence-corrected chi connectivity index (χ4v) is 1.83. The Bertz CT molecular complexity index is 436. The SMILES string of the molecule is Cc1cccc(Nc2nc(C)cs2)n1. The summed E-state index contributed by atoms with van der Waals surface area (Å²) in [5.41, 5.74) is 2.04. The lowest BCUT2D eigenvalue weighted by Crippen LogP contribution is -1.93. The van der Waals surface area contributed by atoms with Crippen LogP contribution in [0.5, 0.6) is 0 Å². The van der Waals surface area contributed by atoms with Crippen molar-refractivity contribution in [1.82, 2.24) is 9.97 Å². The van der Waals surface area contributed by atoms with Gasteiger partial charge in [0.25, 0.3) is 0 Å². The van der Waals surface area contributed by atoms with E-state index in [0.29, 0.717) is 0 Å². The summed E-state index contributed by atoms with van der Waals surface area (Å²) in [5.74, 6) is 0.847. The Hall–Kier alpha value is -1.42. The average molecular weight is 205 g/mol. The summed E-state index contributed by atoms with van der Waals surface area (Å²) in [6, 6.07) is 5.88. The largest absolute Gasteiger partial charge is 0.316 e. The molecule has 2 aromatic heterocycles. The van der Waals surface area contributed by atoms with E-state index >= 15 is 0 Å². The number of hydrogen-bond donors (Lipinski definition) is 1. The van der Waals surface area contributed by atoms with Gasteiger partial charge in [-0.1, -0.05) is 6.07 Å². The number of pyridine rings is 1. The molecule has 0 atom stereocenters. The number of rotatable bonds is 2. The molecule has 2 aromatic rings. The highest BCUT2D eigenvalue weighted by Crippen LogP contribution is 2.18. The monoisotopic (exact) mass is 205 g/mol. The van der Waals surface area contributed by atoms with E-state index in [-0.39, 0.29) is 0 Å². The predicted octanol–water partition coefficient (Wildman–Crippen LogP) is 2.90. The second-order valence-corrected chi connectivity index (χ2v) is 3.94. The molecule has 4 heteroatoms. The van der Waals surface area contributed by atoms with Crippen molar-refractivity contribution in [3.05, 3.63) is 35.0 Å². The van der Waals surface area contributed by atoms with Gasteiger partial charge in [-0.05, 0) is 26.0 Å². The van der Waals surface area contributed by atoms with Gasteiger partial charge in [-0.15, -0.1) is 11.3 Å². The van der Waals surface area contributed by atoms with Crippen LogP contribution in [-0.2, 0) is 0 Å². The van der Waals surface area contributed by atoms with E-state index in [0.717, 1.165) is 22.3 Å². The molecular formula is C10H11N3S. The molecule has 0 aliphatic carbocycles. The van der Waals surface area contributed by atoms with Crippen molar-refractivity contribution >= 4 is 22.3 Å². The molecule has 0 aliphatic rings. The van der Waals surface area contributed by atoms with E-state index in [1.54, 1.807) is 11.3 Å². The highest BCUT2D eigenvalue weighted by molar-refractivity contribution is 7.13. The molecule has 1 N–H and O–H groups in total. The number of hydrogen-bond acceptors (Lipinski definition) is 4. The molecule has 3 nitrogen and oxygen atoms in total. The van der Waals surface area contributed by atoms with Gasteiger partial charge in [0, 0.05) is 11.1 Å². The molecule has 0 fully saturated rings. The van der Waals surface area contributed by atoms with E-state index in [2.05, 4.69) is 15.3 Å². The summed E-state index contributed by atoms with van der Waals surface area (Å²) in [7, 11) is 0. The van der Waals surface area contributed by atoms with Crippen molar-refractivity contribution in [3.63, 3.8) is 0 Å². The van der Waals surface area contributed by atoms with E-state index < -0.39 is 0 Å². The first-order chi connectivity index (χ1) is 6.74. The smallest absolute Gasteiger partial charge is 0.188 e. The van der Waals surface area contributed by atoms with Crippen LogP contribution in [0.25, 0.3) is 0 Å². The summed E-state index contributed by atoms with van der Waals surface area (Å²) < 4.78 is 0. The standard InChI is InChI=1S/C10H11N3S/c1-7-4-3-5-9(11-7)13-10-12-8(2)6-14-10/h3-6H,1-2H3,(H,11,12,13). The number of thiazole rings is 1. The Morgan fingerprint density at radius 2 is 2.00 bits per heavy atom. The third kappa shape index (κ3) is 2.09. The minimum atomic E-state index is 0.847. The molecule has 0 spiro atoms. The first kappa shape index (κ1) is 9.15. The zero-order valence-corrected chi connectivity index (χ0v) is 8.93. The summed E-state index contributed by atoms with van der Waals surface area (Å²) in [4.78, 5) is 8.64. The van der Waals surface area contributed by atoms with Crippen molar-refractivity contribution in [1.29, 1.82) is 0 Å². The molecular weight excluding hydrogens is 194 g/mol. The Balaban J connectivity index is 2.18. The number of aromatic nitrogens is 2. The lowest BCUT2D eigenvalue weighted by molar-refractivity contribution is 1.18. The number of aryl methyl sites for hydroxylation is 2. The minimum absolute atomic E-state index is 0.847. The Morgan fingerprint density at radius 1 is 1.14 bits per heavy atom. The topological polar surface area (TPSA) is 37.8 Å². The predicted molar refractivity (Wildman–Crippen MR) is 59.1 cm³/mol. The molecule has 0 radical (unpaired) electrons. The molecule has 0 amide bonds. The fourth-order valence-electron chi connectivity index (χ4n) is 1.13. The second-order valence-electron chi connectivity index (χ2n) is 3.08. The first-order valence-corrected chi connectivity index (χ1v) is 5.25. The Labute approximate surface area is 86.8 Å². The Kier molecular flexibility index (Phi) is 2.45. The van der Waals surface area contributed by atoms with Gasteiger partial charge in [0.1, 0.15) is 5.82 Å². The van der Waals surface area contributed by atoms with Crippen LogP contribution in [0.15, 0.2) is 23.6 Å². The van der Waals surface area contributed by atoms with E-state index in [4.69, 9.17) is 0 Å². The molecule has 0 unspecified atom stereocenters. The molecule has 0 aliphatic heterocycles. The van der Waals surface area contributed by atoms with Crippen LogP contribution in [0.2, 0.25) is 0 Å². The lowest BCUT2D eigenvalue weighted by atomic mass is 10.4. The molecule has 2 heterocycles. The lowest BCUT2D eigenvalue weighted by Gasteiger charge is -2.01. The average Bonchev–Trinajstić information content (AvgIpc) is 2.51. The maximum atomic E-state index is 4.33. The van der Waals surface area contributed by atoms with Crippen LogP contribution in [0, 0.1) is 13.8 Å². The van der Waals surface area contributed by atoms with Crippen molar-refractivity contribution in [2.75, 3.05) is 5.32 Å². The second kappa shape index (κ2) is 3.75. The molecule has 0 bridgehead atoms. The highest BCUT2D eigenvalue weighted by Gasteiger charge is 1.99. The van der Waals surface area contributed by atoms with E-state index in [1.165, 1.54) is 0 Å². The van der Waals surface area contributed by atoms with Crippen LogP contribution in [0.4, 0.5) is 10.9 Å². The van der Waals surface area contributed by atoms with Crippen LogP contribution in [-0.4, -0.2) is 9.97 Å². The summed E-state index contributed by atoms with van der Waals surface area (Å²) in [6.07, 6.45) is 0. The molecule has 0 saturated heterocycles. The summed E-state index contributed by atoms with van der Waals surface area (Å²) in [5, 5.41) is 6.06. The zero-order chi connectivity index (χ0) is 9.97. The molecule has 2 rings (SSSR count). The normalized spacial score (nSPS) is 10.1. The fraction of sp³-hybridized carbons (Fsp3) is 0.200. The van der Waals surface area contributed by atoms with Gasteiger partial charge >= 0.3 is 0 Å². The van der Waals surface area contributed by atoms with Crippen LogP contribution < -0.4 is 5.32 Å². The third-order valence-electron chi connectivity index (χ3n) is 1.74. The quantitative estimate of drug-likeness (QED) is 0.819. The highest BCUT2D eigenvalue weighted by atomic mass is 32.1. The van der Waals surface area contributed by atoms with Gasteiger partial charge in [-0.3, -0.25) is 0 Å². The van der Waals surface area contributed by atoms with Crippen molar-refractivity contribution in [2.45, 2.75) is 13.8 Å². The van der Waals surface area contributed by atoms with Gasteiger partial charge < -0.3 is 5.32 Å². The summed E-state index contributed by atoms with van der Waals surface area (Å²) >= 11 is 1.59. The van der Waals surface area contributed by atoms with Crippen LogP contribution >= 0.6 is 11.3 Å². The zero-order valence-electron chi connectivity index (χ0n) is 8.11. The van der Waals surface area contributed by atoms with Crippen molar-refractivity contribution in [2.24, 2.45) is 0 Å².